The fourth-order valence-corrected chi connectivity index (χ4v) is 1.30. The molecule has 0 amide bonds. The summed E-state index contributed by atoms with van der Waals surface area (Å²) in [6, 6.07) is 0. The third-order valence-electron chi connectivity index (χ3n) is 2.03. The van der Waals surface area contributed by atoms with Crippen molar-refractivity contribution in [2.75, 3.05) is 0 Å². The average molecular weight is 236 g/mol. The van der Waals surface area contributed by atoms with Crippen LogP contribution in [-0.4, -0.2) is 21.0 Å². The molecule has 0 aliphatic carbocycles. The summed E-state index contributed by atoms with van der Waals surface area (Å²) in [5.74, 6) is -1.01. The fraction of sp³-hybridized carbons (Fsp3) is 0.556. The van der Waals surface area contributed by atoms with E-state index in [9.17, 15) is 18.0 Å². The Morgan fingerprint density at radius 2 is 2.12 bits per heavy atom. The highest BCUT2D eigenvalue weighted by Gasteiger charge is 2.36. The average Bonchev–Trinajstić information content (AvgIpc) is 2.57. The number of alkyl halides is 3. The van der Waals surface area contributed by atoms with Gasteiger partial charge in [0.1, 0.15) is 5.82 Å². The first kappa shape index (κ1) is 12.5. The molecule has 16 heavy (non-hydrogen) atoms. The van der Waals surface area contributed by atoms with Crippen LogP contribution in [0.3, 0.4) is 0 Å². The van der Waals surface area contributed by atoms with E-state index in [1.165, 1.54) is 0 Å². The number of aliphatic carboxylic acids is 1. The van der Waals surface area contributed by atoms with Gasteiger partial charge in [0.05, 0.1) is 6.42 Å². The second-order valence-corrected chi connectivity index (χ2v) is 3.26. The van der Waals surface area contributed by atoms with Gasteiger partial charge in [-0.3, -0.25) is 4.79 Å². The summed E-state index contributed by atoms with van der Waals surface area (Å²) in [5, 5.41) is 8.40. The van der Waals surface area contributed by atoms with E-state index in [0.29, 0.717) is 0 Å². The molecular weight excluding hydrogens is 225 g/mol. The predicted molar refractivity (Wildman–Crippen MR) is 48.9 cm³/mol. The zero-order valence-electron chi connectivity index (χ0n) is 8.56. The van der Waals surface area contributed by atoms with E-state index >= 15 is 0 Å². The maximum atomic E-state index is 12.4. The van der Waals surface area contributed by atoms with Crippen LogP contribution in [0.25, 0.3) is 0 Å². The molecule has 0 spiro atoms. The minimum absolute atomic E-state index is 0.00658. The molecule has 1 aromatic rings. The smallest absolute Gasteiger partial charge is 0.435 e. The van der Waals surface area contributed by atoms with Gasteiger partial charge in [0.2, 0.25) is 0 Å². The highest BCUT2D eigenvalue weighted by Crippen LogP contribution is 2.30. The summed E-state index contributed by atoms with van der Waals surface area (Å²) < 4.78 is 37.3. The Labute approximate surface area is 89.5 Å². The lowest BCUT2D eigenvalue weighted by Crippen LogP contribution is -2.08. The molecule has 0 unspecified atom stereocenters. The van der Waals surface area contributed by atoms with Gasteiger partial charge < -0.3 is 10.1 Å². The number of carboxylic acid groups (broad SMARTS) is 1. The summed E-state index contributed by atoms with van der Waals surface area (Å²) in [6.45, 7) is 1.57. The van der Waals surface area contributed by atoms with Gasteiger partial charge in [0.25, 0.3) is 0 Å². The molecule has 0 aliphatic heterocycles. The minimum Gasteiger partial charge on any atom is -0.481 e. The van der Waals surface area contributed by atoms with E-state index in [4.69, 9.17) is 5.11 Å². The number of aromatic nitrogens is 2. The van der Waals surface area contributed by atoms with E-state index in [1.54, 1.807) is 6.92 Å². The second-order valence-electron chi connectivity index (χ2n) is 3.26. The molecule has 2 N–H and O–H groups in total. The summed E-state index contributed by atoms with van der Waals surface area (Å²) >= 11 is 0. The maximum Gasteiger partial charge on any atom is 0.435 e. The highest BCUT2D eigenvalue weighted by molar-refractivity contribution is 5.66. The highest BCUT2D eigenvalue weighted by atomic mass is 19.4. The predicted octanol–water partition coefficient (Wildman–Crippen LogP) is 2.01. The summed E-state index contributed by atoms with van der Waals surface area (Å²) in [7, 11) is 0. The van der Waals surface area contributed by atoms with Crippen molar-refractivity contribution in [1.29, 1.82) is 0 Å². The molecule has 1 rings (SSSR count). The molecule has 0 bridgehead atoms. The zero-order valence-corrected chi connectivity index (χ0v) is 8.56. The summed E-state index contributed by atoms with van der Waals surface area (Å²) in [6.07, 6.45) is -4.59. The van der Waals surface area contributed by atoms with Crippen LogP contribution in [0.2, 0.25) is 0 Å². The van der Waals surface area contributed by atoms with E-state index in [0.717, 1.165) is 0 Å². The third kappa shape index (κ3) is 2.98. The SMILES string of the molecule is CCc1[nH]c(CCC(=O)O)nc1C(F)(F)F. The summed E-state index contributed by atoms with van der Waals surface area (Å²) in [4.78, 5) is 16.1. The largest absolute Gasteiger partial charge is 0.481 e. The molecule has 1 heterocycles. The first-order valence-corrected chi connectivity index (χ1v) is 4.71. The van der Waals surface area contributed by atoms with Gasteiger partial charge in [-0.15, -0.1) is 0 Å². The molecule has 0 atom stereocenters. The standard InChI is InChI=1S/C9H11F3N2O2/c1-2-5-8(9(10,11)12)14-6(13-5)3-4-7(15)16/h2-4H2,1H3,(H,13,14)(H,15,16). The first-order valence-electron chi connectivity index (χ1n) is 4.71. The molecule has 0 saturated carbocycles. The van der Waals surface area contributed by atoms with Gasteiger partial charge in [0.15, 0.2) is 5.69 Å². The molecule has 0 aliphatic rings. The van der Waals surface area contributed by atoms with Crippen LogP contribution in [0.5, 0.6) is 0 Å². The number of aryl methyl sites for hydroxylation is 2. The van der Waals surface area contributed by atoms with Crippen LogP contribution in [0.15, 0.2) is 0 Å². The number of imidazole rings is 1. The monoisotopic (exact) mass is 236 g/mol. The van der Waals surface area contributed by atoms with Crippen molar-refractivity contribution in [3.8, 4) is 0 Å². The van der Waals surface area contributed by atoms with E-state index in [2.05, 4.69) is 9.97 Å². The molecule has 0 aromatic carbocycles. The Morgan fingerprint density at radius 3 is 2.50 bits per heavy atom. The fourth-order valence-electron chi connectivity index (χ4n) is 1.30. The van der Waals surface area contributed by atoms with Crippen molar-refractivity contribution in [1.82, 2.24) is 9.97 Å². The van der Waals surface area contributed by atoms with Crippen molar-refractivity contribution in [3.05, 3.63) is 17.2 Å². The van der Waals surface area contributed by atoms with Crippen LogP contribution >= 0.6 is 0 Å². The lowest BCUT2D eigenvalue weighted by molar-refractivity contribution is -0.141. The van der Waals surface area contributed by atoms with Gasteiger partial charge in [0, 0.05) is 12.1 Å². The van der Waals surface area contributed by atoms with Crippen molar-refractivity contribution in [3.63, 3.8) is 0 Å². The number of carboxylic acids is 1. The number of hydrogen-bond donors (Lipinski definition) is 2. The van der Waals surface area contributed by atoms with E-state index in [-0.39, 0.29) is 30.8 Å². The number of nitrogens with one attached hydrogen (secondary N) is 1. The quantitative estimate of drug-likeness (QED) is 0.840. The third-order valence-corrected chi connectivity index (χ3v) is 2.03. The van der Waals surface area contributed by atoms with Crippen LogP contribution in [0.4, 0.5) is 13.2 Å². The number of H-pyrrole nitrogens is 1. The Hall–Kier alpha value is -1.53. The van der Waals surface area contributed by atoms with Gasteiger partial charge in [-0.2, -0.15) is 13.2 Å². The second kappa shape index (κ2) is 4.54. The number of carbonyl (C=O) groups is 1. The van der Waals surface area contributed by atoms with E-state index in [1.807, 2.05) is 0 Å². The molecule has 0 fully saturated rings. The van der Waals surface area contributed by atoms with E-state index < -0.39 is 17.8 Å². The maximum absolute atomic E-state index is 12.4. The van der Waals surface area contributed by atoms with Gasteiger partial charge in [-0.25, -0.2) is 4.98 Å². The molecule has 90 valence electrons. The van der Waals surface area contributed by atoms with Crippen LogP contribution in [0.1, 0.15) is 30.6 Å². The van der Waals surface area contributed by atoms with Crippen molar-refractivity contribution >= 4 is 5.97 Å². The number of aromatic amines is 1. The molecule has 0 saturated heterocycles. The number of rotatable bonds is 4. The Kier molecular flexibility index (Phi) is 3.56. The zero-order chi connectivity index (χ0) is 12.3. The Balaban J connectivity index is 2.90. The number of nitrogens with zero attached hydrogens (tertiary/aromatic N) is 1. The molecule has 4 nitrogen and oxygen atoms in total. The van der Waals surface area contributed by atoms with Gasteiger partial charge in [-0.05, 0) is 6.42 Å². The first-order chi connectivity index (χ1) is 7.34. The van der Waals surface area contributed by atoms with Crippen LogP contribution < -0.4 is 0 Å². The minimum atomic E-state index is -4.50. The Morgan fingerprint density at radius 1 is 1.50 bits per heavy atom. The lowest BCUT2D eigenvalue weighted by Gasteiger charge is -2.03. The lowest BCUT2D eigenvalue weighted by atomic mass is 10.2. The number of halogens is 3. The normalized spacial score (nSPS) is 11.8. The van der Waals surface area contributed by atoms with Crippen molar-refractivity contribution in [2.45, 2.75) is 32.4 Å². The Bertz CT molecular complexity index is 385. The van der Waals surface area contributed by atoms with Crippen molar-refractivity contribution < 1.29 is 23.1 Å². The topological polar surface area (TPSA) is 66.0 Å². The molecule has 0 radical (unpaired) electrons. The molecular formula is C9H11F3N2O2. The van der Waals surface area contributed by atoms with Crippen molar-refractivity contribution in [2.24, 2.45) is 0 Å². The molecule has 1 aromatic heterocycles. The van der Waals surface area contributed by atoms with Gasteiger partial charge in [-0.1, -0.05) is 6.92 Å². The number of hydrogen-bond acceptors (Lipinski definition) is 2. The van der Waals surface area contributed by atoms with Crippen LogP contribution in [0, 0.1) is 0 Å². The summed E-state index contributed by atoms with van der Waals surface area (Å²) in [5.41, 5.74) is -0.955. The van der Waals surface area contributed by atoms with Crippen LogP contribution in [-0.2, 0) is 23.8 Å². The molecule has 7 heteroatoms. The van der Waals surface area contributed by atoms with Gasteiger partial charge >= 0.3 is 12.1 Å².